The summed E-state index contributed by atoms with van der Waals surface area (Å²) < 4.78 is 5.49. The quantitative estimate of drug-likeness (QED) is 0.681. The molecule has 1 amide bonds. The molecule has 1 atom stereocenters. The molecule has 0 radical (unpaired) electrons. The molecular weight excluding hydrogens is 336 g/mol. The Balaban J connectivity index is 2.03. The minimum atomic E-state index is -0.564. The molecular formula is C23H24N2O2. The smallest absolute Gasteiger partial charge is 0.408 e. The molecule has 0 spiro atoms. The van der Waals surface area contributed by atoms with E-state index in [-0.39, 0.29) is 6.04 Å². The summed E-state index contributed by atoms with van der Waals surface area (Å²) >= 11 is 0. The third kappa shape index (κ3) is 4.94. The Morgan fingerprint density at radius 1 is 0.926 bits per heavy atom. The largest absolute Gasteiger partial charge is 0.444 e. The van der Waals surface area contributed by atoms with Crippen molar-refractivity contribution in [3.8, 4) is 11.3 Å². The number of nitrogens with zero attached hydrogens (tertiary/aromatic N) is 1. The Labute approximate surface area is 160 Å². The summed E-state index contributed by atoms with van der Waals surface area (Å²) in [6.45, 7) is 5.56. The van der Waals surface area contributed by atoms with Crippen LogP contribution >= 0.6 is 0 Å². The van der Waals surface area contributed by atoms with E-state index >= 15 is 0 Å². The molecule has 1 N–H and O–H groups in total. The fourth-order valence-corrected chi connectivity index (χ4v) is 2.92. The summed E-state index contributed by atoms with van der Waals surface area (Å²) in [6, 6.07) is 23.3. The fourth-order valence-electron chi connectivity index (χ4n) is 2.92. The summed E-state index contributed by atoms with van der Waals surface area (Å²) in [5.74, 6) is 0. The van der Waals surface area contributed by atoms with Gasteiger partial charge in [0.25, 0.3) is 0 Å². The number of ether oxygens (including phenoxy) is 1. The van der Waals surface area contributed by atoms with Gasteiger partial charge < -0.3 is 10.1 Å². The van der Waals surface area contributed by atoms with Crippen molar-refractivity contribution in [1.82, 2.24) is 10.3 Å². The molecule has 4 nitrogen and oxygen atoms in total. The number of carbonyl (C=O) groups is 1. The fraction of sp³-hybridized carbons (Fsp3) is 0.217. The average Bonchev–Trinajstić information content (AvgIpc) is 2.66. The SMILES string of the molecule is CC(C)(C)OC(=O)NC(c1ccccc1)c1ccccc1-c1ccccn1. The van der Waals surface area contributed by atoms with Crippen LogP contribution in [0.5, 0.6) is 0 Å². The van der Waals surface area contributed by atoms with Gasteiger partial charge in [0, 0.05) is 11.8 Å². The topological polar surface area (TPSA) is 51.2 Å². The Kier molecular flexibility index (Phi) is 5.55. The second kappa shape index (κ2) is 8.04. The molecule has 0 saturated carbocycles. The Morgan fingerprint density at radius 3 is 2.26 bits per heavy atom. The number of rotatable bonds is 4. The third-order valence-corrected chi connectivity index (χ3v) is 4.01. The van der Waals surface area contributed by atoms with Gasteiger partial charge in [-0.25, -0.2) is 4.79 Å². The Hall–Kier alpha value is -3.14. The van der Waals surface area contributed by atoms with E-state index in [0.717, 1.165) is 22.4 Å². The van der Waals surface area contributed by atoms with E-state index in [9.17, 15) is 4.79 Å². The molecule has 4 heteroatoms. The van der Waals surface area contributed by atoms with Crippen LogP contribution in [0.4, 0.5) is 4.79 Å². The summed E-state index contributed by atoms with van der Waals surface area (Å²) in [6.07, 6.45) is 1.32. The summed E-state index contributed by atoms with van der Waals surface area (Å²) in [5.41, 5.74) is 3.22. The zero-order chi connectivity index (χ0) is 19.3. The van der Waals surface area contributed by atoms with Gasteiger partial charge in [0.2, 0.25) is 0 Å². The first-order valence-electron chi connectivity index (χ1n) is 8.99. The van der Waals surface area contributed by atoms with Crippen LogP contribution in [0.3, 0.4) is 0 Å². The molecule has 3 aromatic rings. The number of carbonyl (C=O) groups excluding carboxylic acids is 1. The Bertz CT molecular complexity index is 887. The van der Waals surface area contributed by atoms with Crippen molar-refractivity contribution in [1.29, 1.82) is 0 Å². The number of alkyl carbamates (subject to hydrolysis) is 1. The van der Waals surface area contributed by atoms with E-state index in [1.165, 1.54) is 0 Å². The first-order chi connectivity index (χ1) is 12.9. The predicted molar refractivity (Wildman–Crippen MR) is 107 cm³/mol. The Morgan fingerprint density at radius 2 is 1.59 bits per heavy atom. The molecule has 0 saturated heterocycles. The highest BCUT2D eigenvalue weighted by Gasteiger charge is 2.24. The second-order valence-corrected chi connectivity index (χ2v) is 7.29. The lowest BCUT2D eigenvalue weighted by molar-refractivity contribution is 0.0512. The van der Waals surface area contributed by atoms with Crippen LogP contribution in [0.15, 0.2) is 79.0 Å². The standard InChI is InChI=1S/C23H24N2O2/c1-23(2,3)27-22(26)25-21(17-11-5-4-6-12-17)19-14-8-7-13-18(19)20-15-9-10-16-24-20/h4-16,21H,1-3H3,(H,25,26). The number of hydrogen-bond acceptors (Lipinski definition) is 3. The molecule has 0 bridgehead atoms. The van der Waals surface area contributed by atoms with Crippen molar-refractivity contribution >= 4 is 6.09 Å². The van der Waals surface area contributed by atoms with E-state index < -0.39 is 11.7 Å². The lowest BCUT2D eigenvalue weighted by Crippen LogP contribution is -2.35. The molecule has 0 fully saturated rings. The molecule has 0 aliphatic heterocycles. The van der Waals surface area contributed by atoms with Gasteiger partial charge in [-0.05, 0) is 44.0 Å². The van der Waals surface area contributed by atoms with Crippen molar-refractivity contribution in [3.63, 3.8) is 0 Å². The van der Waals surface area contributed by atoms with Gasteiger partial charge in [-0.3, -0.25) is 4.98 Å². The molecule has 3 rings (SSSR count). The van der Waals surface area contributed by atoms with Gasteiger partial charge in [0.15, 0.2) is 0 Å². The predicted octanol–water partition coefficient (Wildman–Crippen LogP) is 5.36. The highest BCUT2D eigenvalue weighted by atomic mass is 16.6. The first kappa shape index (κ1) is 18.6. The molecule has 138 valence electrons. The van der Waals surface area contributed by atoms with Crippen molar-refractivity contribution in [2.45, 2.75) is 32.4 Å². The van der Waals surface area contributed by atoms with Crippen molar-refractivity contribution in [3.05, 3.63) is 90.1 Å². The zero-order valence-corrected chi connectivity index (χ0v) is 15.8. The average molecular weight is 360 g/mol. The maximum atomic E-state index is 12.5. The van der Waals surface area contributed by atoms with Crippen molar-refractivity contribution in [2.24, 2.45) is 0 Å². The van der Waals surface area contributed by atoms with Crippen LogP contribution in [0.25, 0.3) is 11.3 Å². The van der Waals surface area contributed by atoms with Gasteiger partial charge in [-0.1, -0.05) is 60.7 Å². The van der Waals surface area contributed by atoms with E-state index in [4.69, 9.17) is 4.74 Å². The second-order valence-electron chi connectivity index (χ2n) is 7.29. The number of pyridine rings is 1. The molecule has 1 aromatic heterocycles. The van der Waals surface area contributed by atoms with Crippen LogP contribution in [-0.2, 0) is 4.74 Å². The van der Waals surface area contributed by atoms with E-state index in [1.807, 2.05) is 93.6 Å². The van der Waals surface area contributed by atoms with Crippen LogP contribution in [0, 0.1) is 0 Å². The number of aromatic nitrogens is 1. The van der Waals surface area contributed by atoms with Crippen LogP contribution in [0.2, 0.25) is 0 Å². The minimum Gasteiger partial charge on any atom is -0.444 e. The van der Waals surface area contributed by atoms with E-state index in [2.05, 4.69) is 10.3 Å². The summed E-state index contributed by atoms with van der Waals surface area (Å²) in [5, 5.41) is 3.03. The van der Waals surface area contributed by atoms with Gasteiger partial charge in [-0.15, -0.1) is 0 Å². The van der Waals surface area contributed by atoms with Gasteiger partial charge in [-0.2, -0.15) is 0 Å². The molecule has 2 aromatic carbocycles. The van der Waals surface area contributed by atoms with Gasteiger partial charge in [0.1, 0.15) is 5.60 Å². The van der Waals surface area contributed by atoms with E-state index in [0.29, 0.717) is 0 Å². The zero-order valence-electron chi connectivity index (χ0n) is 15.8. The van der Waals surface area contributed by atoms with Crippen LogP contribution < -0.4 is 5.32 Å². The van der Waals surface area contributed by atoms with E-state index in [1.54, 1.807) is 6.20 Å². The normalized spacial score (nSPS) is 12.3. The number of amides is 1. The van der Waals surface area contributed by atoms with Crippen LogP contribution in [0.1, 0.15) is 37.9 Å². The molecule has 27 heavy (non-hydrogen) atoms. The third-order valence-electron chi connectivity index (χ3n) is 4.01. The first-order valence-corrected chi connectivity index (χ1v) is 8.99. The lowest BCUT2D eigenvalue weighted by Gasteiger charge is -2.25. The number of benzene rings is 2. The monoisotopic (exact) mass is 360 g/mol. The van der Waals surface area contributed by atoms with Crippen molar-refractivity contribution < 1.29 is 9.53 Å². The van der Waals surface area contributed by atoms with Crippen LogP contribution in [-0.4, -0.2) is 16.7 Å². The molecule has 0 aliphatic rings. The van der Waals surface area contributed by atoms with Crippen molar-refractivity contribution in [2.75, 3.05) is 0 Å². The number of nitrogens with one attached hydrogen (secondary N) is 1. The maximum absolute atomic E-state index is 12.5. The minimum absolute atomic E-state index is 0.348. The lowest BCUT2D eigenvalue weighted by atomic mass is 9.93. The number of hydrogen-bond donors (Lipinski definition) is 1. The highest BCUT2D eigenvalue weighted by Crippen LogP contribution is 2.31. The molecule has 1 heterocycles. The molecule has 0 aliphatic carbocycles. The highest BCUT2D eigenvalue weighted by molar-refractivity contribution is 5.72. The summed E-state index contributed by atoms with van der Waals surface area (Å²) in [7, 11) is 0. The summed E-state index contributed by atoms with van der Waals surface area (Å²) in [4.78, 5) is 17.0. The van der Waals surface area contributed by atoms with Gasteiger partial charge >= 0.3 is 6.09 Å². The van der Waals surface area contributed by atoms with Gasteiger partial charge in [0.05, 0.1) is 11.7 Å². The maximum Gasteiger partial charge on any atom is 0.408 e. The molecule has 1 unspecified atom stereocenters.